The molecule has 6 heteroatoms. The van der Waals surface area contributed by atoms with Crippen molar-refractivity contribution in [3.8, 4) is 0 Å². The van der Waals surface area contributed by atoms with E-state index in [1.165, 1.54) is 0 Å². The van der Waals surface area contributed by atoms with Crippen molar-refractivity contribution in [1.29, 1.82) is 0 Å². The van der Waals surface area contributed by atoms with Gasteiger partial charge in [-0.25, -0.2) is 0 Å². The van der Waals surface area contributed by atoms with Crippen LogP contribution in [-0.4, -0.2) is 37.6 Å². The van der Waals surface area contributed by atoms with Crippen LogP contribution >= 0.6 is 0 Å². The number of rotatable bonds is 7. The first-order valence-corrected chi connectivity index (χ1v) is 10.2. The van der Waals surface area contributed by atoms with E-state index in [1.54, 1.807) is 12.1 Å². The molecule has 0 bridgehead atoms. The molecular weight excluding hydrogens is 378 g/mol. The number of benzene rings is 3. The van der Waals surface area contributed by atoms with Gasteiger partial charge < -0.3 is 20.7 Å². The van der Waals surface area contributed by atoms with Gasteiger partial charge >= 0.3 is 0 Å². The predicted octanol–water partition coefficient (Wildman–Crippen LogP) is 3.80. The van der Waals surface area contributed by atoms with Gasteiger partial charge in [-0.1, -0.05) is 48.5 Å². The lowest BCUT2D eigenvalue weighted by atomic mass is 10.1. The Balaban J connectivity index is 1.37. The second-order valence-electron chi connectivity index (χ2n) is 7.32. The van der Waals surface area contributed by atoms with Gasteiger partial charge in [0.15, 0.2) is 0 Å². The highest BCUT2D eigenvalue weighted by atomic mass is 16.5. The molecule has 0 radical (unpaired) electrons. The smallest absolute Gasteiger partial charge is 0.253 e. The van der Waals surface area contributed by atoms with Crippen LogP contribution in [-0.2, 0) is 9.53 Å². The molecule has 1 atom stereocenters. The van der Waals surface area contributed by atoms with Gasteiger partial charge in [-0.05, 0) is 36.4 Å². The molecule has 0 spiro atoms. The molecule has 6 nitrogen and oxygen atoms in total. The molecule has 3 N–H and O–H groups in total. The maximum absolute atomic E-state index is 12.6. The molecule has 1 saturated heterocycles. The molecule has 4 rings (SSSR count). The molecule has 3 aromatic rings. The fourth-order valence-electron chi connectivity index (χ4n) is 3.65. The maximum atomic E-state index is 12.6. The number of amides is 2. The zero-order valence-electron chi connectivity index (χ0n) is 16.7. The van der Waals surface area contributed by atoms with Crippen LogP contribution in [0.2, 0.25) is 0 Å². The number of carbonyl (C=O) groups excluding carboxylic acids is 2. The minimum absolute atomic E-state index is 0.0548. The second kappa shape index (κ2) is 9.41. The van der Waals surface area contributed by atoms with E-state index < -0.39 is 0 Å². The molecule has 154 valence electrons. The Morgan fingerprint density at radius 2 is 1.70 bits per heavy atom. The van der Waals surface area contributed by atoms with Gasteiger partial charge in [0.05, 0.1) is 18.2 Å². The fourth-order valence-corrected chi connectivity index (χ4v) is 3.65. The first-order chi connectivity index (χ1) is 14.7. The van der Waals surface area contributed by atoms with Crippen molar-refractivity contribution < 1.29 is 14.3 Å². The topological polar surface area (TPSA) is 79.5 Å². The second-order valence-corrected chi connectivity index (χ2v) is 7.32. The third kappa shape index (κ3) is 4.78. The largest absolute Gasteiger partial charge is 0.376 e. The van der Waals surface area contributed by atoms with E-state index in [9.17, 15) is 9.59 Å². The number of nitrogens with one attached hydrogen (secondary N) is 3. The van der Waals surface area contributed by atoms with Crippen LogP contribution in [0, 0.1) is 0 Å². The van der Waals surface area contributed by atoms with Crippen LogP contribution in [0.25, 0.3) is 10.8 Å². The summed E-state index contributed by atoms with van der Waals surface area (Å²) in [6.45, 7) is 1.30. The summed E-state index contributed by atoms with van der Waals surface area (Å²) in [7, 11) is 0. The SMILES string of the molecule is O=C(CNc1ccccc1C(=O)NC[C@@H]1CCCO1)Nc1cccc2ccccc12. The van der Waals surface area contributed by atoms with Crippen molar-refractivity contribution in [2.24, 2.45) is 0 Å². The Hall–Kier alpha value is -3.38. The third-order valence-corrected chi connectivity index (χ3v) is 5.19. The summed E-state index contributed by atoms with van der Waals surface area (Å²) < 4.78 is 5.55. The molecule has 1 aliphatic rings. The minimum atomic E-state index is -0.180. The Morgan fingerprint density at radius 1 is 0.933 bits per heavy atom. The summed E-state index contributed by atoms with van der Waals surface area (Å²) in [5.74, 6) is -0.357. The quantitative estimate of drug-likeness (QED) is 0.561. The van der Waals surface area contributed by atoms with Gasteiger partial charge in [-0.2, -0.15) is 0 Å². The van der Waals surface area contributed by atoms with E-state index in [4.69, 9.17) is 4.74 Å². The van der Waals surface area contributed by atoms with E-state index in [1.807, 2.05) is 54.6 Å². The Kier molecular flexibility index (Phi) is 6.25. The summed E-state index contributed by atoms with van der Waals surface area (Å²) in [6, 6.07) is 20.9. The summed E-state index contributed by atoms with van der Waals surface area (Å²) >= 11 is 0. The van der Waals surface area contributed by atoms with Crippen LogP contribution in [0.1, 0.15) is 23.2 Å². The van der Waals surface area contributed by atoms with Crippen LogP contribution in [0.3, 0.4) is 0 Å². The van der Waals surface area contributed by atoms with Crippen LogP contribution < -0.4 is 16.0 Å². The lowest BCUT2D eigenvalue weighted by Gasteiger charge is -2.14. The van der Waals surface area contributed by atoms with E-state index in [2.05, 4.69) is 16.0 Å². The standard InChI is InChI=1S/C24H25N3O3/c28-23(27-22-13-5-8-17-7-1-2-10-19(17)22)16-25-21-12-4-3-11-20(21)24(29)26-15-18-9-6-14-30-18/h1-5,7-8,10-13,18,25H,6,9,14-16H2,(H,26,29)(H,27,28)/t18-/m0/s1. The lowest BCUT2D eigenvalue weighted by molar-refractivity contribution is -0.114. The Morgan fingerprint density at radius 3 is 2.57 bits per heavy atom. The van der Waals surface area contributed by atoms with Crippen molar-refractivity contribution >= 4 is 34.0 Å². The summed E-state index contributed by atoms with van der Waals surface area (Å²) in [6.07, 6.45) is 2.08. The molecule has 0 saturated carbocycles. The van der Waals surface area contributed by atoms with Gasteiger partial charge in [-0.3, -0.25) is 9.59 Å². The fraction of sp³-hybridized carbons (Fsp3) is 0.250. The molecule has 1 heterocycles. The highest BCUT2D eigenvalue weighted by Gasteiger charge is 2.18. The van der Waals surface area contributed by atoms with Crippen molar-refractivity contribution in [3.05, 3.63) is 72.3 Å². The first kappa shape index (κ1) is 19.9. The zero-order valence-corrected chi connectivity index (χ0v) is 16.7. The highest BCUT2D eigenvalue weighted by molar-refractivity contribution is 6.04. The monoisotopic (exact) mass is 403 g/mol. The lowest BCUT2D eigenvalue weighted by Crippen LogP contribution is -2.32. The van der Waals surface area contributed by atoms with Crippen molar-refractivity contribution in [2.75, 3.05) is 30.3 Å². The molecule has 1 fully saturated rings. The van der Waals surface area contributed by atoms with Crippen LogP contribution in [0.4, 0.5) is 11.4 Å². The van der Waals surface area contributed by atoms with Crippen LogP contribution in [0.15, 0.2) is 66.7 Å². The molecule has 0 aromatic heterocycles. The number of hydrogen-bond acceptors (Lipinski definition) is 4. The van der Waals surface area contributed by atoms with Crippen LogP contribution in [0.5, 0.6) is 0 Å². The summed E-state index contributed by atoms with van der Waals surface area (Å²) in [4.78, 5) is 25.1. The van der Waals surface area contributed by atoms with Gasteiger partial charge in [0.25, 0.3) is 5.91 Å². The molecule has 0 unspecified atom stereocenters. The molecule has 0 aliphatic carbocycles. The van der Waals surface area contributed by atoms with Gasteiger partial charge in [0.1, 0.15) is 0 Å². The number of fused-ring (bicyclic) bond motifs is 1. The van der Waals surface area contributed by atoms with E-state index in [0.717, 1.165) is 35.9 Å². The number of carbonyl (C=O) groups is 2. The molecule has 30 heavy (non-hydrogen) atoms. The van der Waals surface area contributed by atoms with Gasteiger partial charge in [0.2, 0.25) is 5.91 Å². The van der Waals surface area contributed by atoms with E-state index >= 15 is 0 Å². The maximum Gasteiger partial charge on any atom is 0.253 e. The number of anilines is 2. The molecule has 2 amide bonds. The Bertz CT molecular complexity index is 1040. The van der Waals surface area contributed by atoms with Gasteiger partial charge in [-0.15, -0.1) is 0 Å². The molecule has 1 aliphatic heterocycles. The first-order valence-electron chi connectivity index (χ1n) is 10.2. The highest BCUT2D eigenvalue weighted by Crippen LogP contribution is 2.23. The summed E-state index contributed by atoms with van der Waals surface area (Å²) in [5, 5.41) is 11.0. The minimum Gasteiger partial charge on any atom is -0.376 e. The van der Waals surface area contributed by atoms with Crippen molar-refractivity contribution in [2.45, 2.75) is 18.9 Å². The number of para-hydroxylation sites is 1. The average Bonchev–Trinajstić information content (AvgIpc) is 3.30. The summed E-state index contributed by atoms with van der Waals surface area (Å²) in [5.41, 5.74) is 1.89. The number of ether oxygens (including phenoxy) is 1. The average molecular weight is 403 g/mol. The van der Waals surface area contributed by atoms with Gasteiger partial charge in [0, 0.05) is 29.9 Å². The number of hydrogen-bond donors (Lipinski definition) is 3. The van der Waals surface area contributed by atoms with Crippen molar-refractivity contribution in [3.63, 3.8) is 0 Å². The van der Waals surface area contributed by atoms with Crippen molar-refractivity contribution in [1.82, 2.24) is 5.32 Å². The van der Waals surface area contributed by atoms with E-state index in [0.29, 0.717) is 17.8 Å². The normalized spacial score (nSPS) is 15.7. The van der Waals surface area contributed by atoms with E-state index in [-0.39, 0.29) is 24.5 Å². The Labute approximate surface area is 175 Å². The predicted molar refractivity (Wildman–Crippen MR) is 119 cm³/mol. The molecule has 3 aromatic carbocycles. The third-order valence-electron chi connectivity index (χ3n) is 5.19. The zero-order chi connectivity index (χ0) is 20.8. The molecular formula is C24H25N3O3.